The van der Waals surface area contributed by atoms with E-state index in [0.29, 0.717) is 17.0 Å². The fourth-order valence-electron chi connectivity index (χ4n) is 4.35. The van der Waals surface area contributed by atoms with Gasteiger partial charge in [-0.3, -0.25) is 10.1 Å². The third-order valence-corrected chi connectivity index (χ3v) is 6.12. The largest absolute Gasteiger partial charge is 0.466 e. The number of nitro benzene ring substituents is 1. The predicted octanol–water partition coefficient (Wildman–Crippen LogP) is 4.44. The number of aromatic nitrogens is 2. The van der Waals surface area contributed by atoms with Crippen molar-refractivity contribution in [1.29, 1.82) is 0 Å². The van der Waals surface area contributed by atoms with Crippen LogP contribution in [0.5, 0.6) is 0 Å². The van der Waals surface area contributed by atoms with E-state index in [-0.39, 0.29) is 23.4 Å². The Hall–Kier alpha value is -4.99. The van der Waals surface area contributed by atoms with E-state index in [0.717, 1.165) is 11.3 Å². The Bertz CT molecular complexity index is 1450. The van der Waals surface area contributed by atoms with E-state index in [1.54, 1.807) is 38.5 Å². The monoisotopic (exact) mass is 514 g/mol. The minimum absolute atomic E-state index is 0.0171. The molecular formula is C28H26N4O6. The molecule has 10 nitrogen and oxygen atoms in total. The number of nitrogens with one attached hydrogen (secondary N) is 1. The molecule has 0 saturated carbocycles. The van der Waals surface area contributed by atoms with Crippen LogP contribution in [0.3, 0.4) is 0 Å². The number of non-ortho nitro benzene ring substituents is 1. The summed E-state index contributed by atoms with van der Waals surface area (Å²) in [6.07, 6.45) is 8.80. The molecule has 0 fully saturated rings. The molecule has 1 aliphatic rings. The van der Waals surface area contributed by atoms with Crippen LogP contribution in [0.25, 0.3) is 11.8 Å². The maximum absolute atomic E-state index is 13.3. The second kappa shape index (κ2) is 11.4. The number of allylic oxidation sites excluding steroid dienone is 2. The van der Waals surface area contributed by atoms with Gasteiger partial charge in [-0.25, -0.2) is 14.6 Å². The van der Waals surface area contributed by atoms with Crippen LogP contribution < -0.4 is 5.32 Å². The molecule has 0 amide bonds. The molecule has 1 unspecified atom stereocenters. The average molecular weight is 515 g/mol. The summed E-state index contributed by atoms with van der Waals surface area (Å²) in [5, 5.41) is 14.4. The van der Waals surface area contributed by atoms with E-state index in [4.69, 9.17) is 9.47 Å². The summed E-state index contributed by atoms with van der Waals surface area (Å²) in [6, 6.07) is 13.6. The Kier molecular flexibility index (Phi) is 7.81. The van der Waals surface area contributed by atoms with Gasteiger partial charge in [0.2, 0.25) is 0 Å². The van der Waals surface area contributed by atoms with Crippen LogP contribution in [-0.2, 0) is 19.1 Å². The molecule has 38 heavy (non-hydrogen) atoms. The van der Waals surface area contributed by atoms with Crippen molar-refractivity contribution in [2.45, 2.75) is 19.8 Å². The number of carbonyl (C=O) groups excluding carboxylic acids is 2. The highest BCUT2D eigenvalue weighted by Gasteiger charge is 2.38. The lowest BCUT2D eigenvalue weighted by molar-refractivity contribution is -0.384. The molecule has 0 aliphatic carbocycles. The van der Waals surface area contributed by atoms with Crippen LogP contribution in [0.2, 0.25) is 0 Å². The lowest BCUT2D eigenvalue weighted by atomic mass is 9.80. The van der Waals surface area contributed by atoms with Gasteiger partial charge in [-0.1, -0.05) is 30.3 Å². The smallest absolute Gasteiger partial charge is 0.337 e. The number of benzene rings is 2. The molecule has 10 heteroatoms. The number of esters is 2. The summed E-state index contributed by atoms with van der Waals surface area (Å²) >= 11 is 0. The Morgan fingerprint density at radius 1 is 1.11 bits per heavy atom. The molecule has 0 bridgehead atoms. The molecule has 0 spiro atoms. The van der Waals surface area contributed by atoms with E-state index < -0.39 is 22.8 Å². The second-order valence-corrected chi connectivity index (χ2v) is 8.54. The third kappa shape index (κ3) is 5.54. The van der Waals surface area contributed by atoms with Gasteiger partial charge in [0.05, 0.1) is 35.4 Å². The fourth-order valence-corrected chi connectivity index (χ4v) is 4.35. The fraction of sp³-hybridized carbons (Fsp3) is 0.179. The van der Waals surface area contributed by atoms with Crippen molar-refractivity contribution < 1.29 is 24.0 Å². The van der Waals surface area contributed by atoms with Crippen LogP contribution in [0.15, 0.2) is 95.9 Å². The summed E-state index contributed by atoms with van der Waals surface area (Å²) < 4.78 is 12.4. The van der Waals surface area contributed by atoms with Gasteiger partial charge in [0.25, 0.3) is 5.69 Å². The number of hydrogen-bond donors (Lipinski definition) is 1. The Labute approximate surface area is 219 Å². The number of imidazole rings is 1. The van der Waals surface area contributed by atoms with Crippen LogP contribution in [0.4, 0.5) is 5.69 Å². The molecule has 3 aromatic rings. The first-order valence-corrected chi connectivity index (χ1v) is 11.7. The number of ether oxygens (including phenoxy) is 2. The van der Waals surface area contributed by atoms with Gasteiger partial charge in [-0.2, -0.15) is 0 Å². The Morgan fingerprint density at radius 3 is 2.45 bits per heavy atom. The summed E-state index contributed by atoms with van der Waals surface area (Å²) in [7, 11) is 1.24. The zero-order valence-electron chi connectivity index (χ0n) is 21.1. The van der Waals surface area contributed by atoms with Gasteiger partial charge in [-0.05, 0) is 43.2 Å². The maximum Gasteiger partial charge on any atom is 0.337 e. The van der Waals surface area contributed by atoms with Crippen LogP contribution in [-0.4, -0.2) is 40.1 Å². The van der Waals surface area contributed by atoms with Crippen LogP contribution in [0.1, 0.15) is 30.9 Å². The van der Waals surface area contributed by atoms with Crippen LogP contribution in [0, 0.1) is 10.1 Å². The molecule has 0 saturated heterocycles. The van der Waals surface area contributed by atoms with Gasteiger partial charge in [0.15, 0.2) is 0 Å². The van der Waals surface area contributed by atoms with Crippen molar-refractivity contribution in [2.75, 3.05) is 13.7 Å². The number of carbonyl (C=O) groups is 2. The standard InChI is InChI=1S/C28H26N4O6/c1-18-24(27(33)37-3)26(21-7-4-8-23(16-21)32(35)36)25(19(2)30-18)28(34)38-15-5-6-20-9-11-22(12-10-20)31-14-13-29-17-31/h4-14,16-17,26,30H,15H2,1-3H3. The highest BCUT2D eigenvalue weighted by Crippen LogP contribution is 2.40. The summed E-state index contributed by atoms with van der Waals surface area (Å²) in [6.45, 7) is 3.36. The normalized spacial score (nSPS) is 15.4. The number of rotatable bonds is 8. The summed E-state index contributed by atoms with van der Waals surface area (Å²) in [5.41, 5.74) is 3.46. The van der Waals surface area contributed by atoms with Crippen molar-refractivity contribution in [1.82, 2.24) is 14.9 Å². The minimum atomic E-state index is -0.907. The number of dihydropyridines is 1. The first-order chi connectivity index (χ1) is 18.3. The number of nitrogens with zero attached hydrogens (tertiary/aromatic N) is 3. The summed E-state index contributed by atoms with van der Waals surface area (Å²) in [5.74, 6) is -2.21. The van der Waals surface area contributed by atoms with Gasteiger partial charge >= 0.3 is 11.9 Å². The SMILES string of the molecule is COC(=O)C1=C(C)NC(C)=C(C(=O)OCC=Cc2ccc(-n3ccnc3)cc2)C1c1cccc([N+](=O)[O-])c1. The second-order valence-electron chi connectivity index (χ2n) is 8.54. The van der Waals surface area contributed by atoms with Crippen LogP contribution >= 0.6 is 0 Å². The van der Waals surface area contributed by atoms with E-state index in [9.17, 15) is 19.7 Å². The van der Waals surface area contributed by atoms with Gasteiger partial charge in [-0.15, -0.1) is 0 Å². The first-order valence-electron chi connectivity index (χ1n) is 11.7. The van der Waals surface area contributed by atoms with Gasteiger partial charge in [0, 0.05) is 41.6 Å². The van der Waals surface area contributed by atoms with Crippen molar-refractivity contribution in [3.8, 4) is 5.69 Å². The Balaban J connectivity index is 1.55. The lowest BCUT2D eigenvalue weighted by Gasteiger charge is -2.30. The molecule has 1 atom stereocenters. The van der Waals surface area contributed by atoms with E-state index >= 15 is 0 Å². The molecule has 0 radical (unpaired) electrons. The Morgan fingerprint density at radius 2 is 1.82 bits per heavy atom. The zero-order valence-corrected chi connectivity index (χ0v) is 21.1. The number of nitro groups is 1. The molecule has 1 aromatic heterocycles. The molecule has 4 rings (SSSR count). The predicted molar refractivity (Wildman–Crippen MR) is 140 cm³/mol. The maximum atomic E-state index is 13.3. The van der Waals surface area contributed by atoms with Crippen molar-refractivity contribution in [3.05, 3.63) is 117 Å². The highest BCUT2D eigenvalue weighted by atomic mass is 16.6. The molecule has 2 aromatic carbocycles. The van der Waals surface area contributed by atoms with E-state index in [1.807, 2.05) is 41.1 Å². The molecule has 1 aliphatic heterocycles. The van der Waals surface area contributed by atoms with E-state index in [1.165, 1.54) is 25.3 Å². The quantitative estimate of drug-likeness (QED) is 0.266. The number of hydrogen-bond acceptors (Lipinski definition) is 8. The molecule has 1 N–H and O–H groups in total. The molecular weight excluding hydrogens is 488 g/mol. The molecule has 194 valence electrons. The average Bonchev–Trinajstić information content (AvgIpc) is 3.46. The topological polar surface area (TPSA) is 126 Å². The summed E-state index contributed by atoms with van der Waals surface area (Å²) in [4.78, 5) is 40.9. The first kappa shape index (κ1) is 26.1. The minimum Gasteiger partial charge on any atom is -0.466 e. The lowest BCUT2D eigenvalue weighted by Crippen LogP contribution is -2.32. The van der Waals surface area contributed by atoms with Gasteiger partial charge in [0.1, 0.15) is 6.61 Å². The molecule has 2 heterocycles. The zero-order chi connectivity index (χ0) is 27.2. The van der Waals surface area contributed by atoms with Crippen molar-refractivity contribution in [2.24, 2.45) is 0 Å². The third-order valence-electron chi connectivity index (χ3n) is 6.12. The van der Waals surface area contributed by atoms with E-state index in [2.05, 4.69) is 10.3 Å². The van der Waals surface area contributed by atoms with Gasteiger partial charge < -0.3 is 19.4 Å². The number of methoxy groups -OCH3 is 1. The highest BCUT2D eigenvalue weighted by molar-refractivity contribution is 6.00. The van der Waals surface area contributed by atoms with Crippen molar-refractivity contribution in [3.63, 3.8) is 0 Å². The van der Waals surface area contributed by atoms with Crippen molar-refractivity contribution >= 4 is 23.7 Å².